The predicted octanol–water partition coefficient (Wildman–Crippen LogP) is 2.96. The fourth-order valence-electron chi connectivity index (χ4n) is 3.88. The molecule has 156 valence electrons. The van der Waals surface area contributed by atoms with Crippen molar-refractivity contribution in [1.82, 2.24) is 14.6 Å². The van der Waals surface area contributed by atoms with Crippen LogP contribution in [-0.4, -0.2) is 30.9 Å². The van der Waals surface area contributed by atoms with Crippen LogP contribution in [0.5, 0.6) is 0 Å². The lowest BCUT2D eigenvalue weighted by atomic mass is 10.00. The van der Waals surface area contributed by atoms with E-state index < -0.39 is 15.8 Å². The van der Waals surface area contributed by atoms with E-state index in [-0.39, 0.29) is 17.0 Å². The highest BCUT2D eigenvalue weighted by Crippen LogP contribution is 2.23. The van der Waals surface area contributed by atoms with Gasteiger partial charge in [-0.25, -0.2) is 17.9 Å². The molecule has 29 heavy (non-hydrogen) atoms. The molecule has 3 heterocycles. The topological polar surface area (TPSA) is 109 Å². The van der Waals surface area contributed by atoms with E-state index in [0.29, 0.717) is 17.3 Å². The van der Waals surface area contributed by atoms with Gasteiger partial charge in [0.25, 0.3) is 0 Å². The van der Waals surface area contributed by atoms with E-state index in [1.54, 1.807) is 6.07 Å². The summed E-state index contributed by atoms with van der Waals surface area (Å²) >= 11 is 0. The van der Waals surface area contributed by atoms with E-state index in [1.807, 2.05) is 6.07 Å². The summed E-state index contributed by atoms with van der Waals surface area (Å²) in [7, 11) is -3.77. The molecule has 3 aromatic rings. The lowest BCUT2D eigenvalue weighted by Crippen LogP contribution is -2.38. The zero-order valence-corrected chi connectivity index (χ0v) is 17.1. The molecule has 1 unspecified atom stereocenters. The van der Waals surface area contributed by atoms with Gasteiger partial charge in [0.1, 0.15) is 11.5 Å². The van der Waals surface area contributed by atoms with Gasteiger partial charge in [0, 0.05) is 12.1 Å². The molecule has 0 saturated carbocycles. The zero-order chi connectivity index (χ0) is 20.4. The zero-order valence-electron chi connectivity index (χ0n) is 16.3. The number of rotatable bonds is 7. The third-order valence-corrected chi connectivity index (χ3v) is 6.83. The van der Waals surface area contributed by atoms with Crippen molar-refractivity contribution in [2.24, 2.45) is 0 Å². The first-order valence-corrected chi connectivity index (χ1v) is 11.4. The molecule has 1 atom stereocenters. The highest BCUT2D eigenvalue weighted by atomic mass is 32.2. The molecule has 1 aliphatic heterocycles. The van der Waals surface area contributed by atoms with E-state index in [0.717, 1.165) is 25.3 Å². The van der Waals surface area contributed by atoms with Crippen LogP contribution < -0.4 is 10.5 Å². The van der Waals surface area contributed by atoms with Crippen molar-refractivity contribution in [2.75, 3.05) is 6.54 Å². The van der Waals surface area contributed by atoms with E-state index in [4.69, 9.17) is 8.83 Å². The number of oxazole rings is 1. The van der Waals surface area contributed by atoms with Crippen molar-refractivity contribution in [3.8, 4) is 0 Å². The molecule has 9 heteroatoms. The Balaban J connectivity index is 1.41. The standard InChI is InChI=1S/C20H25N3O5S/c1-2-14-5-3-4-10-23(14)13-16-7-6-15(27-16)12-21-29(25,26)17-8-9-18-19(11-17)28-20(24)22-18/h6-9,11,14,21H,2-5,10,12-13H2,1H3,(H,22,24). The Kier molecular flexibility index (Phi) is 5.62. The normalized spacial score (nSPS) is 18.4. The van der Waals surface area contributed by atoms with Crippen molar-refractivity contribution in [3.63, 3.8) is 0 Å². The number of furan rings is 1. The van der Waals surface area contributed by atoms with Gasteiger partial charge in [-0.15, -0.1) is 0 Å². The molecular weight excluding hydrogens is 394 g/mol. The van der Waals surface area contributed by atoms with Crippen molar-refractivity contribution < 1.29 is 17.3 Å². The minimum Gasteiger partial charge on any atom is -0.463 e. The second kappa shape index (κ2) is 8.17. The molecule has 1 saturated heterocycles. The first-order valence-electron chi connectivity index (χ1n) is 9.89. The molecule has 1 fully saturated rings. The number of piperidine rings is 1. The Morgan fingerprint density at radius 2 is 2.00 bits per heavy atom. The predicted molar refractivity (Wildman–Crippen MR) is 108 cm³/mol. The van der Waals surface area contributed by atoms with Crippen LogP contribution in [-0.2, 0) is 23.1 Å². The number of likely N-dealkylation sites (tertiary alicyclic amines) is 1. The monoisotopic (exact) mass is 419 g/mol. The number of aromatic amines is 1. The van der Waals surface area contributed by atoms with Crippen LogP contribution in [0.1, 0.15) is 44.1 Å². The maximum Gasteiger partial charge on any atom is 0.417 e. The Morgan fingerprint density at radius 3 is 2.83 bits per heavy atom. The van der Waals surface area contributed by atoms with Gasteiger partial charge in [-0.05, 0) is 50.1 Å². The Hall–Kier alpha value is -2.36. The summed E-state index contributed by atoms with van der Waals surface area (Å²) < 4.78 is 38.5. The van der Waals surface area contributed by atoms with Crippen LogP contribution in [0.3, 0.4) is 0 Å². The highest BCUT2D eigenvalue weighted by Gasteiger charge is 2.22. The molecule has 4 rings (SSSR count). The van der Waals surface area contributed by atoms with Gasteiger partial charge in [0.05, 0.1) is 23.5 Å². The number of hydrogen-bond acceptors (Lipinski definition) is 6. The summed E-state index contributed by atoms with van der Waals surface area (Å²) in [6, 6.07) is 8.54. The number of sulfonamides is 1. The van der Waals surface area contributed by atoms with E-state index in [1.165, 1.54) is 37.5 Å². The SMILES string of the molecule is CCC1CCCCN1Cc1ccc(CNS(=O)(=O)c2ccc3[nH]c(=O)oc3c2)o1. The summed E-state index contributed by atoms with van der Waals surface area (Å²) in [6.07, 6.45) is 4.82. The van der Waals surface area contributed by atoms with Crippen LogP contribution in [0, 0.1) is 0 Å². The maximum absolute atomic E-state index is 12.6. The quantitative estimate of drug-likeness (QED) is 0.609. The van der Waals surface area contributed by atoms with Gasteiger partial charge in [-0.2, -0.15) is 0 Å². The average Bonchev–Trinajstić information content (AvgIpc) is 3.31. The molecule has 2 aromatic heterocycles. The second-order valence-electron chi connectivity index (χ2n) is 7.39. The molecule has 8 nitrogen and oxygen atoms in total. The van der Waals surface area contributed by atoms with Gasteiger partial charge in [-0.3, -0.25) is 9.88 Å². The van der Waals surface area contributed by atoms with Gasteiger partial charge < -0.3 is 8.83 Å². The summed E-state index contributed by atoms with van der Waals surface area (Å²) in [6.45, 7) is 4.07. The number of fused-ring (bicyclic) bond motifs is 1. The number of nitrogens with zero attached hydrogens (tertiary/aromatic N) is 1. The van der Waals surface area contributed by atoms with Crippen LogP contribution >= 0.6 is 0 Å². The fourth-order valence-corrected chi connectivity index (χ4v) is 4.88. The number of hydrogen-bond donors (Lipinski definition) is 2. The minimum atomic E-state index is -3.77. The van der Waals surface area contributed by atoms with Gasteiger partial charge >= 0.3 is 5.76 Å². The van der Waals surface area contributed by atoms with Crippen LogP contribution in [0.15, 0.2) is 48.9 Å². The fraction of sp³-hybridized carbons (Fsp3) is 0.450. The minimum absolute atomic E-state index is 0.0265. The summed E-state index contributed by atoms with van der Waals surface area (Å²) in [5.41, 5.74) is 0.651. The highest BCUT2D eigenvalue weighted by molar-refractivity contribution is 7.89. The second-order valence-corrected chi connectivity index (χ2v) is 9.16. The van der Waals surface area contributed by atoms with Gasteiger partial charge in [0.2, 0.25) is 10.0 Å². The Bertz CT molecular complexity index is 1140. The summed E-state index contributed by atoms with van der Waals surface area (Å²) in [5.74, 6) is 0.780. The molecule has 0 amide bonds. The third kappa shape index (κ3) is 4.47. The molecular formula is C20H25N3O5S. The van der Waals surface area contributed by atoms with Gasteiger partial charge in [0.15, 0.2) is 5.58 Å². The molecule has 0 spiro atoms. The molecule has 0 aliphatic carbocycles. The number of H-pyrrole nitrogens is 1. The van der Waals surface area contributed by atoms with Gasteiger partial charge in [-0.1, -0.05) is 13.3 Å². The first-order chi connectivity index (χ1) is 13.9. The maximum atomic E-state index is 12.6. The molecule has 0 bridgehead atoms. The molecule has 0 radical (unpaired) electrons. The van der Waals surface area contributed by atoms with Crippen LogP contribution in [0.4, 0.5) is 0 Å². The van der Waals surface area contributed by atoms with E-state index >= 15 is 0 Å². The lowest BCUT2D eigenvalue weighted by Gasteiger charge is -2.34. The third-order valence-electron chi connectivity index (χ3n) is 5.44. The number of nitrogens with one attached hydrogen (secondary N) is 2. The molecule has 2 N–H and O–H groups in total. The molecule has 1 aromatic carbocycles. The van der Waals surface area contributed by atoms with Crippen molar-refractivity contribution >= 4 is 21.1 Å². The largest absolute Gasteiger partial charge is 0.463 e. The lowest BCUT2D eigenvalue weighted by molar-refractivity contribution is 0.126. The van der Waals surface area contributed by atoms with Crippen LogP contribution in [0.2, 0.25) is 0 Å². The average molecular weight is 420 g/mol. The first kappa shape index (κ1) is 19.9. The van der Waals surface area contributed by atoms with E-state index in [2.05, 4.69) is 21.5 Å². The number of aromatic nitrogens is 1. The smallest absolute Gasteiger partial charge is 0.417 e. The van der Waals surface area contributed by atoms with Crippen molar-refractivity contribution in [2.45, 2.75) is 56.6 Å². The summed E-state index contributed by atoms with van der Waals surface area (Å²) in [4.78, 5) is 16.2. The van der Waals surface area contributed by atoms with Crippen LogP contribution in [0.25, 0.3) is 11.1 Å². The molecule has 1 aliphatic rings. The van der Waals surface area contributed by atoms with Crippen molar-refractivity contribution in [1.29, 1.82) is 0 Å². The number of benzene rings is 1. The Labute approximate surface area is 168 Å². The van der Waals surface area contributed by atoms with Crippen molar-refractivity contribution in [3.05, 3.63) is 52.4 Å². The van der Waals surface area contributed by atoms with E-state index in [9.17, 15) is 13.2 Å². The summed E-state index contributed by atoms with van der Waals surface area (Å²) in [5, 5.41) is 0. The Morgan fingerprint density at radius 1 is 1.17 bits per heavy atom.